The molecule has 0 amide bonds. The van der Waals surface area contributed by atoms with Gasteiger partial charge < -0.3 is 4.74 Å². The molecule has 1 aromatic rings. The topological polar surface area (TPSA) is 36.3 Å². The van der Waals surface area contributed by atoms with Crippen molar-refractivity contribution in [2.24, 2.45) is 0 Å². The molecule has 0 radical (unpaired) electrons. The first kappa shape index (κ1) is 13.7. The molecule has 0 bridgehead atoms. The predicted octanol–water partition coefficient (Wildman–Crippen LogP) is 3.72. The van der Waals surface area contributed by atoms with E-state index in [0.717, 1.165) is 37.2 Å². The lowest BCUT2D eigenvalue weighted by Crippen LogP contribution is -2.47. The van der Waals surface area contributed by atoms with E-state index in [1.807, 2.05) is 18.2 Å². The maximum Gasteiger partial charge on any atom is 0.138 e. The van der Waals surface area contributed by atoms with Crippen molar-refractivity contribution in [1.82, 2.24) is 4.90 Å². The quantitative estimate of drug-likeness (QED) is 0.791. The lowest BCUT2D eigenvalue weighted by atomic mass is 9.83. The second kappa shape index (κ2) is 5.63. The van der Waals surface area contributed by atoms with Crippen molar-refractivity contribution in [2.45, 2.75) is 37.6 Å². The number of hydrogen-bond acceptors (Lipinski definition) is 3. The summed E-state index contributed by atoms with van der Waals surface area (Å²) in [5, 5.41) is 10.6. The Bertz CT molecular complexity index is 534. The van der Waals surface area contributed by atoms with Crippen LogP contribution in [0.5, 0.6) is 5.75 Å². The summed E-state index contributed by atoms with van der Waals surface area (Å²) in [5.74, 6) is 0.819. The number of piperidine rings is 1. The molecule has 20 heavy (non-hydrogen) atoms. The van der Waals surface area contributed by atoms with E-state index in [9.17, 15) is 5.26 Å². The smallest absolute Gasteiger partial charge is 0.138 e. The van der Waals surface area contributed by atoms with Crippen LogP contribution < -0.4 is 4.74 Å². The molecule has 0 saturated carbocycles. The Morgan fingerprint density at radius 2 is 2.00 bits per heavy atom. The molecular formula is C16H19ClN2O. The van der Waals surface area contributed by atoms with Crippen molar-refractivity contribution < 1.29 is 4.74 Å². The van der Waals surface area contributed by atoms with Gasteiger partial charge in [0.15, 0.2) is 0 Å². The fraction of sp³-hybridized carbons (Fsp3) is 0.562. The molecule has 106 valence electrons. The van der Waals surface area contributed by atoms with Gasteiger partial charge >= 0.3 is 0 Å². The van der Waals surface area contributed by atoms with Crippen LogP contribution in [-0.4, -0.2) is 24.6 Å². The molecule has 1 aromatic carbocycles. The highest BCUT2D eigenvalue weighted by Crippen LogP contribution is 2.42. The number of fused-ring (bicyclic) bond motifs is 1. The summed E-state index contributed by atoms with van der Waals surface area (Å²) in [4.78, 5) is 2.33. The second-order valence-corrected chi connectivity index (χ2v) is 6.05. The molecule has 2 aliphatic heterocycles. The fourth-order valence-corrected chi connectivity index (χ4v) is 3.56. The van der Waals surface area contributed by atoms with E-state index >= 15 is 0 Å². The van der Waals surface area contributed by atoms with E-state index in [1.165, 1.54) is 19.3 Å². The fourth-order valence-electron chi connectivity index (χ4n) is 3.39. The highest BCUT2D eigenvalue weighted by molar-refractivity contribution is 6.30. The van der Waals surface area contributed by atoms with Gasteiger partial charge in [-0.2, -0.15) is 5.26 Å². The summed E-state index contributed by atoms with van der Waals surface area (Å²) in [6.07, 6.45) is 5.31. The van der Waals surface area contributed by atoms with Gasteiger partial charge in [0.2, 0.25) is 0 Å². The minimum atomic E-state index is -0.572. The van der Waals surface area contributed by atoms with Crippen LogP contribution in [0.1, 0.15) is 37.7 Å². The highest BCUT2D eigenvalue weighted by Gasteiger charge is 2.42. The molecule has 1 unspecified atom stereocenters. The van der Waals surface area contributed by atoms with Crippen molar-refractivity contribution in [3.8, 4) is 11.8 Å². The first-order valence-electron chi connectivity index (χ1n) is 7.35. The van der Waals surface area contributed by atoms with Gasteiger partial charge in [-0.25, -0.2) is 0 Å². The molecule has 3 nitrogen and oxygen atoms in total. The van der Waals surface area contributed by atoms with Gasteiger partial charge in [0, 0.05) is 10.6 Å². The Hall–Kier alpha value is -1.24. The standard InChI is InChI=1S/C16H19ClN2O/c17-13-5-6-15-14(11-13)16(12-18,7-4-10-20-15)19-8-2-1-3-9-19/h5-6,11H,1-4,7-10H2. The van der Waals surface area contributed by atoms with Crippen LogP contribution in [-0.2, 0) is 5.54 Å². The predicted molar refractivity (Wildman–Crippen MR) is 78.9 cm³/mol. The molecule has 1 atom stereocenters. The molecule has 2 aliphatic rings. The number of ether oxygens (including phenoxy) is 1. The number of nitrogens with zero attached hydrogens (tertiary/aromatic N) is 2. The molecule has 0 aromatic heterocycles. The molecule has 0 spiro atoms. The zero-order valence-electron chi connectivity index (χ0n) is 11.6. The zero-order valence-corrected chi connectivity index (χ0v) is 12.3. The maximum atomic E-state index is 9.97. The number of halogens is 1. The van der Waals surface area contributed by atoms with E-state index in [-0.39, 0.29) is 0 Å². The number of benzene rings is 1. The van der Waals surface area contributed by atoms with Crippen molar-refractivity contribution >= 4 is 11.6 Å². The number of hydrogen-bond donors (Lipinski definition) is 0. The normalized spacial score (nSPS) is 27.0. The average molecular weight is 291 g/mol. The van der Waals surface area contributed by atoms with E-state index in [4.69, 9.17) is 16.3 Å². The van der Waals surface area contributed by atoms with Gasteiger partial charge in [-0.05, 0) is 57.0 Å². The molecule has 0 N–H and O–H groups in total. The van der Waals surface area contributed by atoms with Gasteiger partial charge in [0.1, 0.15) is 11.3 Å². The number of nitriles is 1. The highest BCUT2D eigenvalue weighted by atomic mass is 35.5. The van der Waals surface area contributed by atoms with Crippen molar-refractivity contribution in [2.75, 3.05) is 19.7 Å². The Morgan fingerprint density at radius 3 is 2.75 bits per heavy atom. The monoisotopic (exact) mass is 290 g/mol. The van der Waals surface area contributed by atoms with Crippen LogP contribution in [0.15, 0.2) is 18.2 Å². The maximum absolute atomic E-state index is 9.97. The summed E-state index contributed by atoms with van der Waals surface area (Å²) in [6.45, 7) is 2.64. The van der Waals surface area contributed by atoms with E-state index in [2.05, 4.69) is 11.0 Å². The summed E-state index contributed by atoms with van der Waals surface area (Å²) in [6, 6.07) is 8.25. The second-order valence-electron chi connectivity index (χ2n) is 5.61. The Labute approximate surface area is 125 Å². The van der Waals surface area contributed by atoms with Gasteiger partial charge in [-0.1, -0.05) is 18.0 Å². The molecule has 1 saturated heterocycles. The van der Waals surface area contributed by atoms with Crippen LogP contribution >= 0.6 is 11.6 Å². The van der Waals surface area contributed by atoms with E-state index < -0.39 is 5.54 Å². The van der Waals surface area contributed by atoms with Crippen LogP contribution in [0.2, 0.25) is 5.02 Å². The van der Waals surface area contributed by atoms with Crippen molar-refractivity contribution in [1.29, 1.82) is 5.26 Å². The number of likely N-dealkylation sites (tertiary alicyclic amines) is 1. The van der Waals surface area contributed by atoms with E-state index in [1.54, 1.807) is 0 Å². The van der Waals surface area contributed by atoms with Crippen LogP contribution in [0.4, 0.5) is 0 Å². The van der Waals surface area contributed by atoms with Crippen LogP contribution in [0, 0.1) is 11.3 Å². The molecule has 3 rings (SSSR count). The average Bonchev–Trinajstić information content (AvgIpc) is 2.68. The third kappa shape index (κ3) is 2.28. The molecule has 1 fully saturated rings. The van der Waals surface area contributed by atoms with Crippen molar-refractivity contribution in [3.63, 3.8) is 0 Å². The van der Waals surface area contributed by atoms with Crippen LogP contribution in [0.3, 0.4) is 0 Å². The molecule has 2 heterocycles. The zero-order chi connectivity index (χ0) is 14.0. The van der Waals surface area contributed by atoms with Gasteiger partial charge in [-0.3, -0.25) is 4.90 Å². The van der Waals surface area contributed by atoms with E-state index in [0.29, 0.717) is 11.6 Å². The first-order valence-corrected chi connectivity index (χ1v) is 7.73. The van der Waals surface area contributed by atoms with Gasteiger partial charge in [0.05, 0.1) is 12.7 Å². The summed E-state index contributed by atoms with van der Waals surface area (Å²) >= 11 is 6.17. The van der Waals surface area contributed by atoms with Gasteiger partial charge in [-0.15, -0.1) is 0 Å². The third-order valence-corrected chi connectivity index (χ3v) is 4.64. The summed E-state index contributed by atoms with van der Waals surface area (Å²) < 4.78 is 5.81. The molecule has 0 aliphatic carbocycles. The largest absolute Gasteiger partial charge is 0.493 e. The Kier molecular flexibility index (Phi) is 3.87. The minimum absolute atomic E-state index is 0.572. The molecule has 4 heteroatoms. The Morgan fingerprint density at radius 1 is 1.20 bits per heavy atom. The van der Waals surface area contributed by atoms with Crippen molar-refractivity contribution in [3.05, 3.63) is 28.8 Å². The third-order valence-electron chi connectivity index (χ3n) is 4.41. The minimum Gasteiger partial charge on any atom is -0.493 e. The summed E-state index contributed by atoms with van der Waals surface area (Å²) in [7, 11) is 0. The summed E-state index contributed by atoms with van der Waals surface area (Å²) in [5.41, 5.74) is 0.379. The SMILES string of the molecule is N#CC1(N2CCCCC2)CCCOc2ccc(Cl)cc21. The Balaban J connectivity index is 2.10. The first-order chi connectivity index (χ1) is 9.76. The lowest BCUT2D eigenvalue weighted by molar-refractivity contribution is 0.101. The molecular weight excluding hydrogens is 272 g/mol. The number of rotatable bonds is 1. The van der Waals surface area contributed by atoms with Crippen LogP contribution in [0.25, 0.3) is 0 Å². The van der Waals surface area contributed by atoms with Gasteiger partial charge in [0.25, 0.3) is 0 Å². The lowest BCUT2D eigenvalue weighted by Gasteiger charge is -2.41.